The van der Waals surface area contributed by atoms with Gasteiger partial charge in [-0.1, -0.05) is 13.8 Å². The average molecular weight is 291 g/mol. The van der Waals surface area contributed by atoms with Gasteiger partial charge in [0.25, 0.3) is 0 Å². The van der Waals surface area contributed by atoms with Crippen LogP contribution in [0.4, 0.5) is 11.6 Å². The molecule has 1 aliphatic rings. The highest BCUT2D eigenvalue weighted by molar-refractivity contribution is 5.85. The summed E-state index contributed by atoms with van der Waals surface area (Å²) < 4.78 is 0. The molecule has 0 aromatic carbocycles. The summed E-state index contributed by atoms with van der Waals surface area (Å²) in [6.45, 7) is 7.79. The van der Waals surface area contributed by atoms with Crippen LogP contribution in [0.2, 0.25) is 0 Å². The number of hydrogen-bond donors (Lipinski definition) is 3. The van der Waals surface area contributed by atoms with Gasteiger partial charge < -0.3 is 16.0 Å². The Morgan fingerprint density at radius 2 is 2.05 bits per heavy atom. The highest BCUT2D eigenvalue weighted by Crippen LogP contribution is 2.22. The van der Waals surface area contributed by atoms with Gasteiger partial charge in [0.15, 0.2) is 0 Å². The third kappa shape index (κ3) is 3.83. The van der Waals surface area contributed by atoms with Gasteiger partial charge in [-0.3, -0.25) is 4.79 Å². The van der Waals surface area contributed by atoms with Gasteiger partial charge in [-0.25, -0.2) is 9.97 Å². The maximum Gasteiger partial charge on any atom is 0.242 e. The molecule has 0 aliphatic carbocycles. The molecule has 0 spiro atoms. The highest BCUT2D eigenvalue weighted by atomic mass is 16.2. The second-order valence-corrected chi connectivity index (χ2v) is 5.37. The van der Waals surface area contributed by atoms with E-state index in [4.69, 9.17) is 0 Å². The van der Waals surface area contributed by atoms with E-state index in [-0.39, 0.29) is 11.9 Å². The maximum atomic E-state index is 11.9. The number of carbonyl (C=O) groups is 1. The van der Waals surface area contributed by atoms with E-state index >= 15 is 0 Å². The van der Waals surface area contributed by atoms with E-state index in [1.807, 2.05) is 13.8 Å². The molecule has 1 unspecified atom stereocenters. The van der Waals surface area contributed by atoms with Gasteiger partial charge in [-0.15, -0.1) is 0 Å². The molecule has 3 N–H and O–H groups in total. The summed E-state index contributed by atoms with van der Waals surface area (Å²) in [6.07, 6.45) is 3.65. The largest absolute Gasteiger partial charge is 0.370 e. The summed E-state index contributed by atoms with van der Waals surface area (Å²) in [5.74, 6) is 2.48. The predicted molar refractivity (Wildman–Crippen MR) is 84.6 cm³/mol. The summed E-state index contributed by atoms with van der Waals surface area (Å²) in [4.78, 5) is 21.0. The lowest BCUT2D eigenvalue weighted by molar-refractivity contribution is -0.123. The fraction of sp³-hybridized carbons (Fsp3) is 0.667. The van der Waals surface area contributed by atoms with Gasteiger partial charge in [0, 0.05) is 25.1 Å². The van der Waals surface area contributed by atoms with Crippen LogP contribution in [-0.4, -0.2) is 35.0 Å². The van der Waals surface area contributed by atoms with Crippen LogP contribution in [0.25, 0.3) is 0 Å². The fourth-order valence-corrected chi connectivity index (χ4v) is 2.35. The Morgan fingerprint density at radius 3 is 2.71 bits per heavy atom. The summed E-state index contributed by atoms with van der Waals surface area (Å²) in [6, 6.07) is -0.198. The molecule has 2 heterocycles. The number of aromatic nitrogens is 2. The number of nitrogens with one attached hydrogen (secondary N) is 3. The molecule has 116 valence electrons. The highest BCUT2D eigenvalue weighted by Gasteiger charge is 2.23. The quantitative estimate of drug-likeness (QED) is 0.745. The van der Waals surface area contributed by atoms with Crippen LogP contribution < -0.4 is 16.0 Å². The zero-order chi connectivity index (χ0) is 15.2. The van der Waals surface area contributed by atoms with Crippen molar-refractivity contribution < 1.29 is 4.79 Å². The summed E-state index contributed by atoms with van der Waals surface area (Å²) in [7, 11) is 0. The Labute approximate surface area is 126 Å². The molecule has 21 heavy (non-hydrogen) atoms. The number of carbonyl (C=O) groups excluding carboxylic acids is 1. The van der Waals surface area contributed by atoms with Crippen molar-refractivity contribution in [1.82, 2.24) is 15.3 Å². The van der Waals surface area contributed by atoms with Crippen molar-refractivity contribution in [2.75, 3.05) is 23.7 Å². The maximum absolute atomic E-state index is 11.9. The van der Waals surface area contributed by atoms with Gasteiger partial charge in [0.1, 0.15) is 23.5 Å². The number of nitrogens with zero attached hydrogens (tertiary/aromatic N) is 2. The Kier molecular flexibility index (Phi) is 5.36. The predicted octanol–water partition coefficient (Wildman–Crippen LogP) is 1.86. The first-order chi connectivity index (χ1) is 10.2. The monoisotopic (exact) mass is 291 g/mol. The second-order valence-electron chi connectivity index (χ2n) is 5.37. The molecule has 0 bridgehead atoms. The minimum absolute atomic E-state index is 0.0559. The number of amides is 1. The molecule has 1 fully saturated rings. The molecule has 6 nitrogen and oxygen atoms in total. The Balaban J connectivity index is 2.22. The van der Waals surface area contributed by atoms with E-state index in [9.17, 15) is 4.79 Å². The standard InChI is InChI=1S/C15H25N5O/c1-4-8-16-13-10(3)14(20-12(5-2)19-13)18-11-7-6-9-17-15(11)21/h11H,4-9H2,1-3H3,(H,17,21)(H2,16,18,19,20). The van der Waals surface area contributed by atoms with Crippen molar-refractivity contribution in [3.05, 3.63) is 11.4 Å². The molecule has 1 amide bonds. The van der Waals surface area contributed by atoms with Gasteiger partial charge in [0.05, 0.1) is 0 Å². The number of rotatable bonds is 6. The van der Waals surface area contributed by atoms with Crippen LogP contribution in [-0.2, 0) is 11.2 Å². The Bertz CT molecular complexity index is 503. The van der Waals surface area contributed by atoms with E-state index in [2.05, 4.69) is 32.8 Å². The van der Waals surface area contributed by atoms with Crippen LogP contribution in [0.1, 0.15) is 44.5 Å². The number of piperidine rings is 1. The molecule has 1 aromatic heterocycles. The molecule has 0 radical (unpaired) electrons. The number of aryl methyl sites for hydroxylation is 1. The van der Waals surface area contributed by atoms with Crippen molar-refractivity contribution in [2.24, 2.45) is 0 Å². The lowest BCUT2D eigenvalue weighted by atomic mass is 10.1. The van der Waals surface area contributed by atoms with Gasteiger partial charge >= 0.3 is 0 Å². The van der Waals surface area contributed by atoms with Crippen molar-refractivity contribution in [1.29, 1.82) is 0 Å². The third-order valence-electron chi connectivity index (χ3n) is 3.65. The topological polar surface area (TPSA) is 78.9 Å². The van der Waals surface area contributed by atoms with Crippen LogP contribution in [0.5, 0.6) is 0 Å². The summed E-state index contributed by atoms with van der Waals surface area (Å²) in [5, 5.41) is 9.51. The van der Waals surface area contributed by atoms with E-state index in [0.29, 0.717) is 0 Å². The minimum atomic E-state index is -0.198. The van der Waals surface area contributed by atoms with E-state index in [0.717, 1.165) is 61.8 Å². The molecule has 1 atom stereocenters. The number of anilines is 2. The lowest BCUT2D eigenvalue weighted by Gasteiger charge is -2.24. The normalized spacial score (nSPS) is 18.2. The van der Waals surface area contributed by atoms with E-state index < -0.39 is 0 Å². The van der Waals surface area contributed by atoms with E-state index in [1.54, 1.807) is 0 Å². The fourth-order valence-electron chi connectivity index (χ4n) is 2.35. The minimum Gasteiger partial charge on any atom is -0.370 e. The lowest BCUT2D eigenvalue weighted by Crippen LogP contribution is -2.44. The first-order valence-corrected chi connectivity index (χ1v) is 7.81. The smallest absolute Gasteiger partial charge is 0.242 e. The Morgan fingerprint density at radius 1 is 1.29 bits per heavy atom. The Hall–Kier alpha value is -1.85. The molecular formula is C15H25N5O. The van der Waals surface area contributed by atoms with Crippen LogP contribution >= 0.6 is 0 Å². The average Bonchev–Trinajstić information content (AvgIpc) is 2.50. The molecule has 2 rings (SSSR count). The molecule has 1 saturated heterocycles. The van der Waals surface area contributed by atoms with Crippen molar-refractivity contribution in [2.45, 2.75) is 52.5 Å². The molecule has 1 aromatic rings. The molecule has 6 heteroatoms. The summed E-state index contributed by atoms with van der Waals surface area (Å²) in [5.41, 5.74) is 0.971. The second kappa shape index (κ2) is 7.24. The van der Waals surface area contributed by atoms with Crippen molar-refractivity contribution in [3.63, 3.8) is 0 Å². The molecule has 0 saturated carbocycles. The van der Waals surface area contributed by atoms with Gasteiger partial charge in [-0.2, -0.15) is 0 Å². The molecular weight excluding hydrogens is 266 g/mol. The van der Waals surface area contributed by atoms with Gasteiger partial charge in [0.2, 0.25) is 5.91 Å². The first kappa shape index (κ1) is 15.5. The zero-order valence-electron chi connectivity index (χ0n) is 13.1. The molecule has 1 aliphatic heterocycles. The first-order valence-electron chi connectivity index (χ1n) is 7.81. The zero-order valence-corrected chi connectivity index (χ0v) is 13.1. The van der Waals surface area contributed by atoms with Crippen LogP contribution in [0, 0.1) is 6.92 Å². The third-order valence-corrected chi connectivity index (χ3v) is 3.65. The van der Waals surface area contributed by atoms with Crippen LogP contribution in [0.3, 0.4) is 0 Å². The van der Waals surface area contributed by atoms with E-state index in [1.165, 1.54) is 0 Å². The van der Waals surface area contributed by atoms with Crippen LogP contribution in [0.15, 0.2) is 0 Å². The van der Waals surface area contributed by atoms with Gasteiger partial charge in [-0.05, 0) is 26.2 Å². The van der Waals surface area contributed by atoms with Crippen molar-refractivity contribution >= 4 is 17.5 Å². The SMILES string of the molecule is CCCNc1nc(CC)nc(NC2CCCNC2=O)c1C. The number of hydrogen-bond acceptors (Lipinski definition) is 5. The summed E-state index contributed by atoms with van der Waals surface area (Å²) >= 11 is 0. The van der Waals surface area contributed by atoms with Crippen molar-refractivity contribution in [3.8, 4) is 0 Å².